The van der Waals surface area contributed by atoms with Gasteiger partial charge in [0, 0.05) is 6.08 Å². The lowest BCUT2D eigenvalue weighted by Gasteiger charge is -2.50. The van der Waals surface area contributed by atoms with Crippen molar-refractivity contribution in [3.05, 3.63) is 22.8 Å². The summed E-state index contributed by atoms with van der Waals surface area (Å²) in [4.78, 5) is 11.3. The summed E-state index contributed by atoms with van der Waals surface area (Å²) in [5, 5.41) is 0. The molecule has 0 radical (unpaired) electrons. The standard InChI is InChI=1S/C20H30O2/c1-14-7-8-16-17(6-5-10-19(16,2)3)20(14,4)11-9-15-12-18(21)22-13-15/h12,14H,5-11,13H2,1-4H3/t14?,20-/m0/s1. The Morgan fingerprint density at radius 2 is 2.00 bits per heavy atom. The maximum absolute atomic E-state index is 11.3. The molecule has 1 unspecified atom stereocenters. The van der Waals surface area contributed by atoms with Crippen molar-refractivity contribution in [3.8, 4) is 0 Å². The minimum absolute atomic E-state index is 0.157. The molecule has 0 N–H and O–H groups in total. The van der Waals surface area contributed by atoms with Gasteiger partial charge in [0.15, 0.2) is 0 Å². The van der Waals surface area contributed by atoms with Crippen molar-refractivity contribution in [3.63, 3.8) is 0 Å². The van der Waals surface area contributed by atoms with E-state index in [1.807, 2.05) is 0 Å². The molecule has 0 aromatic carbocycles. The summed E-state index contributed by atoms with van der Waals surface area (Å²) < 4.78 is 5.06. The van der Waals surface area contributed by atoms with Crippen LogP contribution in [0.5, 0.6) is 0 Å². The quantitative estimate of drug-likeness (QED) is 0.529. The molecule has 0 saturated carbocycles. The second kappa shape index (κ2) is 5.54. The van der Waals surface area contributed by atoms with E-state index >= 15 is 0 Å². The summed E-state index contributed by atoms with van der Waals surface area (Å²) in [6.45, 7) is 10.3. The second-order valence-electron chi connectivity index (χ2n) is 8.46. The Morgan fingerprint density at radius 1 is 1.23 bits per heavy atom. The van der Waals surface area contributed by atoms with E-state index in [2.05, 4.69) is 27.7 Å². The van der Waals surface area contributed by atoms with Gasteiger partial charge in [-0.2, -0.15) is 0 Å². The van der Waals surface area contributed by atoms with Crippen molar-refractivity contribution < 1.29 is 9.53 Å². The van der Waals surface area contributed by atoms with Crippen molar-refractivity contribution in [1.29, 1.82) is 0 Å². The number of carbonyl (C=O) groups is 1. The van der Waals surface area contributed by atoms with Crippen molar-refractivity contribution >= 4 is 5.97 Å². The topological polar surface area (TPSA) is 26.3 Å². The highest BCUT2D eigenvalue weighted by atomic mass is 16.5. The van der Waals surface area contributed by atoms with Gasteiger partial charge in [-0.25, -0.2) is 4.79 Å². The third kappa shape index (κ3) is 2.66. The van der Waals surface area contributed by atoms with Gasteiger partial charge in [-0.3, -0.25) is 0 Å². The molecule has 0 spiro atoms. The highest BCUT2D eigenvalue weighted by Gasteiger charge is 2.44. The molecule has 2 atom stereocenters. The molecule has 1 aliphatic heterocycles. The van der Waals surface area contributed by atoms with E-state index in [9.17, 15) is 4.79 Å². The predicted molar refractivity (Wildman–Crippen MR) is 89.4 cm³/mol. The molecule has 0 saturated heterocycles. The van der Waals surface area contributed by atoms with Crippen LogP contribution in [-0.4, -0.2) is 12.6 Å². The third-order valence-corrected chi connectivity index (χ3v) is 6.70. The number of cyclic esters (lactones) is 1. The Balaban J connectivity index is 1.85. The van der Waals surface area contributed by atoms with E-state index in [0.29, 0.717) is 17.4 Å². The van der Waals surface area contributed by atoms with Crippen LogP contribution >= 0.6 is 0 Å². The zero-order valence-electron chi connectivity index (χ0n) is 14.6. The molecule has 0 aromatic rings. The number of esters is 1. The molecule has 0 bridgehead atoms. The van der Waals surface area contributed by atoms with Gasteiger partial charge < -0.3 is 4.74 Å². The van der Waals surface area contributed by atoms with Gasteiger partial charge in [-0.15, -0.1) is 0 Å². The number of hydrogen-bond donors (Lipinski definition) is 0. The molecular weight excluding hydrogens is 272 g/mol. The molecular formula is C20H30O2. The van der Waals surface area contributed by atoms with Crippen molar-refractivity contribution in [2.24, 2.45) is 16.7 Å². The average molecular weight is 302 g/mol. The van der Waals surface area contributed by atoms with Gasteiger partial charge >= 0.3 is 5.97 Å². The lowest BCUT2D eigenvalue weighted by atomic mass is 9.55. The van der Waals surface area contributed by atoms with Gasteiger partial charge in [-0.1, -0.05) is 38.8 Å². The van der Waals surface area contributed by atoms with E-state index in [4.69, 9.17) is 4.74 Å². The Bertz CT molecular complexity index is 538. The van der Waals surface area contributed by atoms with E-state index in [0.717, 1.165) is 18.8 Å². The fourth-order valence-electron chi connectivity index (χ4n) is 4.89. The summed E-state index contributed by atoms with van der Waals surface area (Å²) in [5.41, 5.74) is 5.39. The van der Waals surface area contributed by atoms with Gasteiger partial charge in [0.25, 0.3) is 0 Å². The largest absolute Gasteiger partial charge is 0.458 e. The maximum Gasteiger partial charge on any atom is 0.331 e. The minimum atomic E-state index is -0.157. The molecule has 2 aliphatic carbocycles. The lowest BCUT2D eigenvalue weighted by Crippen LogP contribution is -2.37. The Kier molecular flexibility index (Phi) is 3.99. The lowest BCUT2D eigenvalue weighted by molar-refractivity contribution is -0.134. The van der Waals surface area contributed by atoms with Gasteiger partial charge in [0.2, 0.25) is 0 Å². The number of allylic oxidation sites excluding steroid dienone is 2. The molecule has 3 aliphatic rings. The Labute approximate surface area is 135 Å². The average Bonchev–Trinajstić information content (AvgIpc) is 2.87. The SMILES string of the molecule is CC1CCC2=C(CCCC2(C)C)[C@@]1(C)CCC1=CC(=O)OC1. The van der Waals surface area contributed by atoms with Gasteiger partial charge in [0.1, 0.15) is 6.61 Å². The molecule has 0 fully saturated rings. The first-order valence-corrected chi connectivity index (χ1v) is 8.92. The van der Waals surface area contributed by atoms with Crippen LogP contribution in [0.2, 0.25) is 0 Å². The van der Waals surface area contributed by atoms with Crippen molar-refractivity contribution in [2.75, 3.05) is 6.61 Å². The van der Waals surface area contributed by atoms with Crippen LogP contribution in [0.3, 0.4) is 0 Å². The molecule has 0 amide bonds. The fourth-order valence-corrected chi connectivity index (χ4v) is 4.89. The molecule has 122 valence electrons. The van der Waals surface area contributed by atoms with Crippen LogP contribution in [0.1, 0.15) is 72.6 Å². The number of rotatable bonds is 3. The monoisotopic (exact) mass is 302 g/mol. The Morgan fingerprint density at radius 3 is 2.68 bits per heavy atom. The van der Waals surface area contributed by atoms with Crippen LogP contribution in [-0.2, 0) is 9.53 Å². The van der Waals surface area contributed by atoms with Crippen molar-refractivity contribution in [1.82, 2.24) is 0 Å². The fraction of sp³-hybridized carbons (Fsp3) is 0.750. The molecule has 2 nitrogen and oxygen atoms in total. The highest BCUT2D eigenvalue weighted by Crippen LogP contribution is 2.56. The summed E-state index contributed by atoms with van der Waals surface area (Å²) >= 11 is 0. The number of ether oxygens (including phenoxy) is 1. The highest BCUT2D eigenvalue weighted by molar-refractivity contribution is 5.85. The normalized spacial score (nSPS) is 34.3. The maximum atomic E-state index is 11.3. The number of hydrogen-bond acceptors (Lipinski definition) is 2. The van der Waals surface area contributed by atoms with Gasteiger partial charge in [-0.05, 0) is 67.3 Å². The third-order valence-electron chi connectivity index (χ3n) is 6.70. The summed E-state index contributed by atoms with van der Waals surface area (Å²) in [7, 11) is 0. The van der Waals surface area contributed by atoms with Crippen LogP contribution in [0.4, 0.5) is 0 Å². The van der Waals surface area contributed by atoms with E-state index in [-0.39, 0.29) is 5.97 Å². The summed E-state index contributed by atoms with van der Waals surface area (Å²) in [6.07, 6.45) is 10.4. The zero-order chi connectivity index (χ0) is 16.0. The molecule has 2 heteroatoms. The minimum Gasteiger partial charge on any atom is -0.458 e. The first-order chi connectivity index (χ1) is 10.3. The van der Waals surface area contributed by atoms with E-state index in [1.54, 1.807) is 17.2 Å². The zero-order valence-corrected chi connectivity index (χ0v) is 14.6. The van der Waals surface area contributed by atoms with Crippen LogP contribution in [0.25, 0.3) is 0 Å². The molecule has 3 rings (SSSR count). The first kappa shape index (κ1) is 15.8. The van der Waals surface area contributed by atoms with E-state index < -0.39 is 0 Å². The molecule has 1 heterocycles. The number of carbonyl (C=O) groups excluding carboxylic acids is 1. The first-order valence-electron chi connectivity index (χ1n) is 8.92. The van der Waals surface area contributed by atoms with Crippen LogP contribution in [0, 0.1) is 16.7 Å². The molecule has 22 heavy (non-hydrogen) atoms. The van der Waals surface area contributed by atoms with Crippen LogP contribution in [0.15, 0.2) is 22.8 Å². The van der Waals surface area contributed by atoms with Crippen LogP contribution < -0.4 is 0 Å². The van der Waals surface area contributed by atoms with E-state index in [1.165, 1.54) is 37.7 Å². The molecule has 0 aromatic heterocycles. The van der Waals surface area contributed by atoms with Crippen molar-refractivity contribution in [2.45, 2.75) is 72.6 Å². The second-order valence-corrected chi connectivity index (χ2v) is 8.46. The Hall–Kier alpha value is -1.05. The summed E-state index contributed by atoms with van der Waals surface area (Å²) in [6, 6.07) is 0. The smallest absolute Gasteiger partial charge is 0.331 e. The predicted octanol–water partition coefficient (Wildman–Crippen LogP) is 5.19. The van der Waals surface area contributed by atoms with Gasteiger partial charge in [0.05, 0.1) is 0 Å². The summed E-state index contributed by atoms with van der Waals surface area (Å²) in [5.74, 6) is 0.578.